The summed E-state index contributed by atoms with van der Waals surface area (Å²) in [6.07, 6.45) is 2.75. The first-order chi connectivity index (χ1) is 11.0. The summed E-state index contributed by atoms with van der Waals surface area (Å²) in [5, 5.41) is 8.88. The van der Waals surface area contributed by atoms with Crippen molar-refractivity contribution in [3.8, 4) is 6.07 Å². The van der Waals surface area contributed by atoms with Crippen LogP contribution >= 0.6 is 0 Å². The lowest BCUT2D eigenvalue weighted by Gasteiger charge is -2.12. The Hall–Kier alpha value is -2.60. The molecule has 3 nitrogen and oxygen atoms in total. The number of hydrogen-bond acceptors (Lipinski definition) is 2. The van der Waals surface area contributed by atoms with Crippen LogP contribution in [-0.2, 0) is 6.42 Å². The summed E-state index contributed by atoms with van der Waals surface area (Å²) in [6.45, 7) is 7.31. The molecular formula is C20H23N3. The van der Waals surface area contributed by atoms with E-state index in [2.05, 4.69) is 48.9 Å². The van der Waals surface area contributed by atoms with Crippen molar-refractivity contribution < 1.29 is 0 Å². The van der Waals surface area contributed by atoms with E-state index in [0.717, 1.165) is 18.7 Å². The van der Waals surface area contributed by atoms with E-state index in [1.165, 1.54) is 22.3 Å². The van der Waals surface area contributed by atoms with E-state index in [0.29, 0.717) is 5.56 Å². The van der Waals surface area contributed by atoms with Crippen molar-refractivity contribution >= 4 is 12.0 Å². The minimum Gasteiger partial charge on any atom is -0.366 e. The van der Waals surface area contributed by atoms with Gasteiger partial charge in [-0.1, -0.05) is 12.1 Å². The molecular weight excluding hydrogens is 282 g/mol. The van der Waals surface area contributed by atoms with E-state index in [4.69, 9.17) is 5.26 Å². The van der Waals surface area contributed by atoms with Crippen LogP contribution in [0.1, 0.15) is 34.7 Å². The van der Waals surface area contributed by atoms with Crippen LogP contribution < -0.4 is 0 Å². The van der Waals surface area contributed by atoms with Crippen LogP contribution in [0.15, 0.2) is 41.4 Å². The SMILES string of the molecule is CCN(C)C=Nc1cc(C)c(Cc2ccc(C#N)cc2)c(C)c1. The van der Waals surface area contributed by atoms with E-state index in [9.17, 15) is 0 Å². The van der Waals surface area contributed by atoms with Gasteiger partial charge in [-0.2, -0.15) is 5.26 Å². The normalized spacial score (nSPS) is 10.7. The molecule has 2 aromatic rings. The number of rotatable bonds is 5. The quantitative estimate of drug-likeness (QED) is 0.607. The topological polar surface area (TPSA) is 39.4 Å². The van der Waals surface area contributed by atoms with E-state index >= 15 is 0 Å². The first-order valence-electron chi connectivity index (χ1n) is 7.87. The Balaban J connectivity index is 2.23. The fourth-order valence-electron chi connectivity index (χ4n) is 2.47. The third kappa shape index (κ3) is 4.43. The van der Waals surface area contributed by atoms with Gasteiger partial charge in [-0.3, -0.25) is 0 Å². The second kappa shape index (κ2) is 7.60. The average Bonchev–Trinajstić information content (AvgIpc) is 2.56. The predicted molar refractivity (Wildman–Crippen MR) is 96.3 cm³/mol. The Kier molecular flexibility index (Phi) is 5.54. The Morgan fingerprint density at radius 3 is 2.26 bits per heavy atom. The molecule has 0 atom stereocenters. The highest BCUT2D eigenvalue weighted by molar-refractivity contribution is 5.62. The number of hydrogen-bond donors (Lipinski definition) is 0. The summed E-state index contributed by atoms with van der Waals surface area (Å²) in [5.41, 5.74) is 6.74. The third-order valence-corrected chi connectivity index (χ3v) is 4.05. The lowest BCUT2D eigenvalue weighted by molar-refractivity contribution is 0.552. The molecule has 0 saturated heterocycles. The number of nitriles is 1. The van der Waals surface area contributed by atoms with Crippen molar-refractivity contribution in [2.24, 2.45) is 4.99 Å². The van der Waals surface area contributed by atoms with Crippen LogP contribution in [0.3, 0.4) is 0 Å². The van der Waals surface area contributed by atoms with Crippen molar-refractivity contribution in [3.05, 3.63) is 64.2 Å². The zero-order valence-electron chi connectivity index (χ0n) is 14.3. The largest absolute Gasteiger partial charge is 0.366 e. The molecule has 0 radical (unpaired) electrons. The van der Waals surface area contributed by atoms with Crippen LogP contribution in [0.25, 0.3) is 0 Å². The third-order valence-electron chi connectivity index (χ3n) is 4.05. The monoisotopic (exact) mass is 305 g/mol. The average molecular weight is 305 g/mol. The first-order valence-corrected chi connectivity index (χ1v) is 7.87. The van der Waals surface area contributed by atoms with Gasteiger partial charge in [0.1, 0.15) is 0 Å². The number of nitrogens with zero attached hydrogens (tertiary/aromatic N) is 3. The first kappa shape index (κ1) is 16.8. The number of aryl methyl sites for hydroxylation is 2. The Morgan fingerprint density at radius 1 is 1.13 bits per heavy atom. The molecule has 0 unspecified atom stereocenters. The molecule has 0 spiro atoms. The molecule has 2 aromatic carbocycles. The summed E-state index contributed by atoms with van der Waals surface area (Å²) in [5.74, 6) is 0. The molecule has 0 aromatic heterocycles. The van der Waals surface area contributed by atoms with Crippen LogP contribution in [-0.4, -0.2) is 24.8 Å². The lowest BCUT2D eigenvalue weighted by atomic mass is 9.95. The Bertz CT molecular complexity index is 713. The van der Waals surface area contributed by atoms with Crippen molar-refractivity contribution in [2.45, 2.75) is 27.2 Å². The molecule has 118 valence electrons. The summed E-state index contributed by atoms with van der Waals surface area (Å²) in [7, 11) is 2.02. The molecule has 0 fully saturated rings. The van der Waals surface area contributed by atoms with Gasteiger partial charge in [0.2, 0.25) is 0 Å². The summed E-state index contributed by atoms with van der Waals surface area (Å²) in [6, 6.07) is 14.2. The van der Waals surface area contributed by atoms with Gasteiger partial charge in [-0.05, 0) is 73.7 Å². The van der Waals surface area contributed by atoms with Gasteiger partial charge in [-0.25, -0.2) is 4.99 Å². The van der Waals surface area contributed by atoms with Crippen LogP contribution in [0, 0.1) is 25.2 Å². The highest BCUT2D eigenvalue weighted by Gasteiger charge is 2.06. The standard InChI is InChI=1S/C20H23N3/c1-5-23(4)14-22-19-10-15(2)20(16(3)11-19)12-17-6-8-18(13-21)9-7-17/h6-11,14H,5,12H2,1-4H3. The molecule has 2 rings (SSSR count). The van der Waals surface area contributed by atoms with Crippen molar-refractivity contribution in [1.29, 1.82) is 5.26 Å². The van der Waals surface area contributed by atoms with E-state index in [1.807, 2.05) is 37.7 Å². The van der Waals surface area contributed by atoms with Crippen LogP contribution in [0.5, 0.6) is 0 Å². The fourth-order valence-corrected chi connectivity index (χ4v) is 2.47. The Labute approximate surface area is 138 Å². The minimum atomic E-state index is 0.701. The van der Waals surface area contributed by atoms with Gasteiger partial charge in [0, 0.05) is 13.6 Å². The van der Waals surface area contributed by atoms with E-state index in [-0.39, 0.29) is 0 Å². The predicted octanol–water partition coefficient (Wildman–Crippen LogP) is 4.38. The zero-order chi connectivity index (χ0) is 16.8. The van der Waals surface area contributed by atoms with Gasteiger partial charge in [0.25, 0.3) is 0 Å². The molecule has 0 saturated carbocycles. The van der Waals surface area contributed by atoms with Crippen molar-refractivity contribution in [1.82, 2.24) is 4.90 Å². The molecule has 0 heterocycles. The van der Waals surface area contributed by atoms with E-state index < -0.39 is 0 Å². The maximum absolute atomic E-state index is 8.88. The van der Waals surface area contributed by atoms with Gasteiger partial charge in [-0.15, -0.1) is 0 Å². The van der Waals surface area contributed by atoms with Gasteiger partial charge >= 0.3 is 0 Å². The fraction of sp³-hybridized carbons (Fsp3) is 0.300. The second-order valence-electron chi connectivity index (χ2n) is 5.86. The molecule has 0 bridgehead atoms. The van der Waals surface area contributed by atoms with Gasteiger partial charge < -0.3 is 4.90 Å². The van der Waals surface area contributed by atoms with E-state index in [1.54, 1.807) is 0 Å². The van der Waals surface area contributed by atoms with Gasteiger partial charge in [0.15, 0.2) is 0 Å². The number of benzene rings is 2. The van der Waals surface area contributed by atoms with Crippen molar-refractivity contribution in [2.75, 3.05) is 13.6 Å². The van der Waals surface area contributed by atoms with Crippen LogP contribution in [0.2, 0.25) is 0 Å². The molecule has 0 aliphatic rings. The lowest BCUT2D eigenvalue weighted by Crippen LogP contribution is -2.14. The molecule has 0 aliphatic carbocycles. The highest BCUT2D eigenvalue weighted by atomic mass is 15.1. The number of aliphatic imine (C=N–C) groups is 1. The smallest absolute Gasteiger partial charge is 0.0991 e. The molecule has 23 heavy (non-hydrogen) atoms. The molecule has 0 N–H and O–H groups in total. The van der Waals surface area contributed by atoms with Crippen LogP contribution in [0.4, 0.5) is 5.69 Å². The van der Waals surface area contributed by atoms with Crippen molar-refractivity contribution in [3.63, 3.8) is 0 Å². The van der Waals surface area contributed by atoms with Gasteiger partial charge in [0.05, 0.1) is 23.7 Å². The maximum atomic E-state index is 8.88. The maximum Gasteiger partial charge on any atom is 0.0991 e. The summed E-state index contributed by atoms with van der Waals surface area (Å²) < 4.78 is 0. The second-order valence-corrected chi connectivity index (χ2v) is 5.86. The summed E-state index contributed by atoms with van der Waals surface area (Å²) in [4.78, 5) is 6.59. The summed E-state index contributed by atoms with van der Waals surface area (Å²) >= 11 is 0. The molecule has 0 aliphatic heterocycles. The molecule has 0 amide bonds. The highest BCUT2D eigenvalue weighted by Crippen LogP contribution is 2.24. The zero-order valence-corrected chi connectivity index (χ0v) is 14.3. The minimum absolute atomic E-state index is 0.701. The molecule has 3 heteroatoms. The Morgan fingerprint density at radius 2 is 1.74 bits per heavy atom.